The molecule has 0 saturated heterocycles. The highest BCUT2D eigenvalue weighted by Crippen LogP contribution is 2.24. The molecular formula is C23H24N4O. The van der Waals surface area contributed by atoms with Gasteiger partial charge < -0.3 is 5.32 Å². The lowest BCUT2D eigenvalue weighted by Gasteiger charge is -2.20. The van der Waals surface area contributed by atoms with E-state index in [1.165, 1.54) is 11.8 Å². The Bertz CT molecular complexity index is 976. The summed E-state index contributed by atoms with van der Waals surface area (Å²) in [7, 11) is 0. The van der Waals surface area contributed by atoms with Crippen LogP contribution in [0.4, 0.5) is 0 Å². The molecule has 0 bridgehead atoms. The van der Waals surface area contributed by atoms with E-state index in [1.54, 1.807) is 10.9 Å². The molecule has 1 unspecified atom stereocenters. The second-order valence-corrected chi connectivity index (χ2v) is 7.82. The highest BCUT2D eigenvalue weighted by atomic mass is 16.1. The lowest BCUT2D eigenvalue weighted by Crippen LogP contribution is -2.27. The molecule has 1 aromatic heterocycles. The van der Waals surface area contributed by atoms with Gasteiger partial charge in [0.2, 0.25) is 0 Å². The molecule has 3 rings (SSSR count). The number of carbonyl (C=O) groups is 1. The number of nitriles is 1. The number of rotatable bonds is 5. The van der Waals surface area contributed by atoms with Crippen molar-refractivity contribution in [3.63, 3.8) is 0 Å². The van der Waals surface area contributed by atoms with Gasteiger partial charge in [-0.05, 0) is 22.1 Å². The number of hydrogen-bond acceptors (Lipinski definition) is 3. The van der Waals surface area contributed by atoms with Crippen molar-refractivity contribution in [1.29, 1.82) is 5.26 Å². The number of hydrogen-bond donors (Lipinski definition) is 1. The van der Waals surface area contributed by atoms with E-state index in [4.69, 9.17) is 0 Å². The first-order valence-corrected chi connectivity index (χ1v) is 9.24. The molecule has 0 saturated carbocycles. The van der Waals surface area contributed by atoms with E-state index in [1.807, 2.05) is 54.6 Å². The predicted octanol–water partition coefficient (Wildman–Crippen LogP) is 4.22. The second kappa shape index (κ2) is 8.10. The van der Waals surface area contributed by atoms with Gasteiger partial charge in [0.1, 0.15) is 6.04 Å². The predicted molar refractivity (Wildman–Crippen MR) is 109 cm³/mol. The van der Waals surface area contributed by atoms with Crippen LogP contribution in [0.2, 0.25) is 0 Å². The fraction of sp³-hybridized carbons (Fsp3) is 0.261. The lowest BCUT2D eigenvalue weighted by atomic mass is 9.86. The van der Waals surface area contributed by atoms with Gasteiger partial charge in [0, 0.05) is 6.20 Å². The summed E-state index contributed by atoms with van der Waals surface area (Å²) in [5, 5.41) is 16.6. The molecule has 0 aliphatic carbocycles. The average Bonchev–Trinajstić information content (AvgIpc) is 3.15. The molecule has 3 aromatic rings. The van der Waals surface area contributed by atoms with Crippen LogP contribution in [-0.2, 0) is 12.0 Å². The number of carbonyl (C=O) groups excluding carboxylic acids is 1. The van der Waals surface area contributed by atoms with Gasteiger partial charge in [-0.25, -0.2) is 0 Å². The molecule has 5 nitrogen and oxygen atoms in total. The molecule has 0 radical (unpaired) electrons. The zero-order valence-corrected chi connectivity index (χ0v) is 16.4. The molecule has 0 fully saturated rings. The average molecular weight is 372 g/mol. The first kappa shape index (κ1) is 19.4. The Morgan fingerprint density at radius 2 is 1.82 bits per heavy atom. The molecule has 1 heterocycles. The SMILES string of the molecule is CC(C)(C)c1ccc(C(C#N)NC(=O)c2cnn(Cc3ccccc3)c2)cc1. The van der Waals surface area contributed by atoms with Crippen LogP contribution in [0.25, 0.3) is 0 Å². The second-order valence-electron chi connectivity index (χ2n) is 7.82. The Morgan fingerprint density at radius 3 is 2.43 bits per heavy atom. The van der Waals surface area contributed by atoms with Gasteiger partial charge in [0.15, 0.2) is 0 Å². The van der Waals surface area contributed by atoms with Crippen molar-refractivity contribution in [1.82, 2.24) is 15.1 Å². The van der Waals surface area contributed by atoms with Gasteiger partial charge in [-0.1, -0.05) is 75.4 Å². The van der Waals surface area contributed by atoms with E-state index in [2.05, 4.69) is 37.3 Å². The van der Waals surface area contributed by atoms with Crippen LogP contribution < -0.4 is 5.32 Å². The zero-order valence-electron chi connectivity index (χ0n) is 16.4. The van der Waals surface area contributed by atoms with Crippen molar-refractivity contribution >= 4 is 5.91 Å². The van der Waals surface area contributed by atoms with Gasteiger partial charge >= 0.3 is 0 Å². The summed E-state index contributed by atoms with van der Waals surface area (Å²) in [6, 6.07) is 19.2. The fourth-order valence-electron chi connectivity index (χ4n) is 2.92. The van der Waals surface area contributed by atoms with E-state index in [-0.39, 0.29) is 11.3 Å². The minimum absolute atomic E-state index is 0.0389. The van der Waals surface area contributed by atoms with Crippen LogP contribution in [0.15, 0.2) is 67.0 Å². The molecule has 1 N–H and O–H groups in total. The summed E-state index contributed by atoms with van der Waals surface area (Å²) in [6.07, 6.45) is 3.22. The smallest absolute Gasteiger partial charge is 0.255 e. The molecule has 1 atom stereocenters. The summed E-state index contributed by atoms with van der Waals surface area (Å²) in [6.45, 7) is 7.00. The summed E-state index contributed by atoms with van der Waals surface area (Å²) < 4.78 is 1.71. The van der Waals surface area contributed by atoms with Crippen LogP contribution in [-0.4, -0.2) is 15.7 Å². The summed E-state index contributed by atoms with van der Waals surface area (Å²) in [4.78, 5) is 12.6. The first-order chi connectivity index (χ1) is 13.4. The largest absolute Gasteiger partial charge is 0.332 e. The third-order valence-electron chi connectivity index (χ3n) is 4.60. The van der Waals surface area contributed by atoms with Gasteiger partial charge in [0.25, 0.3) is 5.91 Å². The molecule has 142 valence electrons. The van der Waals surface area contributed by atoms with Crippen LogP contribution in [0, 0.1) is 11.3 Å². The Labute approximate surface area is 165 Å². The Balaban J connectivity index is 1.68. The standard InChI is InChI=1S/C23H24N4O/c1-23(2,3)20-11-9-18(10-12-20)21(13-24)26-22(28)19-14-25-27(16-19)15-17-7-5-4-6-8-17/h4-12,14,16,21H,15H2,1-3H3,(H,26,28). The highest BCUT2D eigenvalue weighted by molar-refractivity contribution is 5.94. The van der Waals surface area contributed by atoms with Crippen molar-refractivity contribution in [3.05, 3.63) is 89.2 Å². The van der Waals surface area contributed by atoms with Crippen LogP contribution >= 0.6 is 0 Å². The Kier molecular flexibility index (Phi) is 5.60. The minimum atomic E-state index is -0.709. The fourth-order valence-corrected chi connectivity index (χ4v) is 2.92. The van der Waals surface area contributed by atoms with Crippen molar-refractivity contribution in [3.8, 4) is 6.07 Å². The number of nitrogens with zero attached hydrogens (tertiary/aromatic N) is 3. The van der Waals surface area contributed by atoms with Gasteiger partial charge in [0.05, 0.1) is 24.4 Å². The molecule has 0 spiro atoms. The van der Waals surface area contributed by atoms with Crippen LogP contribution in [0.5, 0.6) is 0 Å². The summed E-state index contributed by atoms with van der Waals surface area (Å²) in [5.41, 5.74) is 3.52. The Morgan fingerprint density at radius 1 is 1.14 bits per heavy atom. The van der Waals surface area contributed by atoms with Crippen molar-refractivity contribution in [2.75, 3.05) is 0 Å². The number of nitrogens with one attached hydrogen (secondary N) is 1. The zero-order chi connectivity index (χ0) is 20.1. The Hall–Kier alpha value is -3.39. The van der Waals surface area contributed by atoms with Gasteiger partial charge in [-0.2, -0.15) is 10.4 Å². The molecule has 5 heteroatoms. The van der Waals surface area contributed by atoms with Crippen LogP contribution in [0.3, 0.4) is 0 Å². The molecule has 0 aliphatic rings. The lowest BCUT2D eigenvalue weighted by molar-refractivity contribution is 0.0945. The summed E-state index contributed by atoms with van der Waals surface area (Å²) in [5.74, 6) is -0.314. The third-order valence-corrected chi connectivity index (χ3v) is 4.60. The van der Waals surface area contributed by atoms with E-state index >= 15 is 0 Å². The quantitative estimate of drug-likeness (QED) is 0.729. The van der Waals surface area contributed by atoms with Crippen molar-refractivity contribution < 1.29 is 4.79 Å². The van der Waals surface area contributed by atoms with E-state index in [0.29, 0.717) is 12.1 Å². The maximum absolute atomic E-state index is 12.6. The van der Waals surface area contributed by atoms with Crippen LogP contribution in [0.1, 0.15) is 53.9 Å². The van der Waals surface area contributed by atoms with Crippen molar-refractivity contribution in [2.45, 2.75) is 38.8 Å². The topological polar surface area (TPSA) is 70.7 Å². The molecule has 1 amide bonds. The number of aromatic nitrogens is 2. The third kappa shape index (κ3) is 4.66. The van der Waals surface area contributed by atoms with Gasteiger partial charge in [-0.3, -0.25) is 9.48 Å². The number of benzene rings is 2. The normalized spacial score (nSPS) is 12.2. The maximum atomic E-state index is 12.6. The maximum Gasteiger partial charge on any atom is 0.255 e. The minimum Gasteiger partial charge on any atom is -0.332 e. The highest BCUT2D eigenvalue weighted by Gasteiger charge is 2.18. The number of amides is 1. The molecule has 0 aliphatic heterocycles. The summed E-state index contributed by atoms with van der Waals surface area (Å²) >= 11 is 0. The molecular weight excluding hydrogens is 348 g/mol. The van der Waals surface area contributed by atoms with E-state index in [9.17, 15) is 10.1 Å². The molecule has 2 aromatic carbocycles. The van der Waals surface area contributed by atoms with Gasteiger partial charge in [-0.15, -0.1) is 0 Å². The van der Waals surface area contributed by atoms with Crippen molar-refractivity contribution in [2.24, 2.45) is 0 Å². The van der Waals surface area contributed by atoms with E-state index < -0.39 is 6.04 Å². The van der Waals surface area contributed by atoms with E-state index in [0.717, 1.165) is 11.1 Å². The molecule has 28 heavy (non-hydrogen) atoms. The monoisotopic (exact) mass is 372 g/mol. The first-order valence-electron chi connectivity index (χ1n) is 9.24.